The smallest absolute Gasteiger partial charge is 0.332 e. The maximum Gasteiger partial charge on any atom is 0.332 e. The molecule has 8 nitrogen and oxygen atoms in total. The molecule has 1 aromatic heterocycles. The molecule has 1 aliphatic heterocycles. The molecule has 2 heterocycles. The second-order valence-corrected chi connectivity index (χ2v) is 4.53. The average Bonchev–Trinajstić information content (AvgIpc) is 3.03. The Morgan fingerprint density at radius 1 is 1.55 bits per heavy atom. The SMILES string of the molecule is Cc1cc(OCC(=O)NCC2CCC(C(=O)O)O2)no1. The van der Waals surface area contributed by atoms with Crippen molar-refractivity contribution in [2.75, 3.05) is 13.2 Å². The number of hydrogen-bond acceptors (Lipinski definition) is 6. The second-order valence-electron chi connectivity index (χ2n) is 4.53. The fourth-order valence-electron chi connectivity index (χ4n) is 1.87. The Labute approximate surface area is 115 Å². The number of ether oxygens (including phenoxy) is 2. The summed E-state index contributed by atoms with van der Waals surface area (Å²) in [6, 6.07) is 1.57. The maximum absolute atomic E-state index is 11.5. The van der Waals surface area contributed by atoms with Crippen molar-refractivity contribution in [3.8, 4) is 5.88 Å². The standard InChI is InChI=1S/C12H16N2O6/c1-7-4-11(14-20-7)18-6-10(15)13-5-8-2-3-9(19-8)12(16)17/h4,8-9H,2-3,5-6H2,1H3,(H,13,15)(H,16,17). The van der Waals surface area contributed by atoms with E-state index >= 15 is 0 Å². The van der Waals surface area contributed by atoms with Gasteiger partial charge >= 0.3 is 5.97 Å². The summed E-state index contributed by atoms with van der Waals surface area (Å²) in [4.78, 5) is 22.2. The van der Waals surface area contributed by atoms with Gasteiger partial charge in [0.05, 0.1) is 6.10 Å². The quantitative estimate of drug-likeness (QED) is 0.762. The molecule has 1 saturated heterocycles. The Morgan fingerprint density at radius 3 is 2.95 bits per heavy atom. The monoisotopic (exact) mass is 284 g/mol. The number of carboxylic acids is 1. The van der Waals surface area contributed by atoms with Crippen LogP contribution in [0, 0.1) is 6.92 Å². The summed E-state index contributed by atoms with van der Waals surface area (Å²) in [5.74, 6) is -0.447. The number of carbonyl (C=O) groups excluding carboxylic acids is 1. The van der Waals surface area contributed by atoms with Crippen LogP contribution in [-0.4, -0.2) is 47.5 Å². The molecule has 2 unspecified atom stereocenters. The van der Waals surface area contributed by atoms with E-state index in [9.17, 15) is 9.59 Å². The van der Waals surface area contributed by atoms with Crippen LogP contribution in [0.3, 0.4) is 0 Å². The number of aryl methyl sites for hydroxylation is 1. The van der Waals surface area contributed by atoms with Gasteiger partial charge in [0, 0.05) is 12.6 Å². The lowest BCUT2D eigenvalue weighted by Crippen LogP contribution is -2.35. The van der Waals surface area contributed by atoms with E-state index in [1.54, 1.807) is 13.0 Å². The molecule has 0 aromatic carbocycles. The molecule has 0 spiro atoms. The van der Waals surface area contributed by atoms with Crippen molar-refractivity contribution in [2.24, 2.45) is 0 Å². The molecule has 0 bridgehead atoms. The van der Waals surface area contributed by atoms with E-state index in [0.717, 1.165) is 0 Å². The third-order valence-electron chi connectivity index (χ3n) is 2.87. The molecular weight excluding hydrogens is 268 g/mol. The van der Waals surface area contributed by atoms with E-state index in [1.807, 2.05) is 0 Å². The minimum absolute atomic E-state index is 0.180. The summed E-state index contributed by atoms with van der Waals surface area (Å²) >= 11 is 0. The molecule has 0 radical (unpaired) electrons. The summed E-state index contributed by atoms with van der Waals surface area (Å²) in [7, 11) is 0. The summed E-state index contributed by atoms with van der Waals surface area (Å²) < 4.78 is 15.2. The largest absolute Gasteiger partial charge is 0.479 e. The molecule has 1 amide bonds. The number of carbonyl (C=O) groups is 2. The van der Waals surface area contributed by atoms with Crippen LogP contribution in [0.4, 0.5) is 0 Å². The van der Waals surface area contributed by atoms with Crippen LogP contribution in [0.25, 0.3) is 0 Å². The highest BCUT2D eigenvalue weighted by molar-refractivity contribution is 5.77. The summed E-state index contributed by atoms with van der Waals surface area (Å²) in [5, 5.41) is 15.0. The van der Waals surface area contributed by atoms with E-state index in [1.165, 1.54) is 0 Å². The van der Waals surface area contributed by atoms with Gasteiger partial charge in [0.1, 0.15) is 5.76 Å². The van der Waals surface area contributed by atoms with E-state index in [4.69, 9.17) is 19.1 Å². The molecule has 1 aromatic rings. The molecule has 110 valence electrons. The normalized spacial score (nSPS) is 21.6. The molecule has 8 heteroatoms. The molecule has 2 N–H and O–H groups in total. The predicted octanol–water partition coefficient (Wildman–Crippen LogP) is 0.110. The number of rotatable bonds is 6. The highest BCUT2D eigenvalue weighted by Crippen LogP contribution is 2.19. The van der Waals surface area contributed by atoms with Crippen LogP contribution in [0.2, 0.25) is 0 Å². The van der Waals surface area contributed by atoms with Crippen LogP contribution in [0.15, 0.2) is 10.6 Å². The first-order valence-corrected chi connectivity index (χ1v) is 6.25. The van der Waals surface area contributed by atoms with Gasteiger partial charge in [0.25, 0.3) is 11.8 Å². The van der Waals surface area contributed by atoms with Crippen LogP contribution in [-0.2, 0) is 14.3 Å². The topological polar surface area (TPSA) is 111 Å². The Kier molecular flexibility index (Phi) is 4.57. The molecule has 0 aliphatic carbocycles. The number of aliphatic carboxylic acids is 1. The number of carboxylic acid groups (broad SMARTS) is 1. The van der Waals surface area contributed by atoms with Gasteiger partial charge in [-0.25, -0.2) is 4.79 Å². The third-order valence-corrected chi connectivity index (χ3v) is 2.87. The third kappa shape index (κ3) is 3.95. The van der Waals surface area contributed by atoms with Gasteiger partial charge in [-0.15, -0.1) is 0 Å². The Hall–Kier alpha value is -2.09. The zero-order valence-corrected chi connectivity index (χ0v) is 11.0. The van der Waals surface area contributed by atoms with E-state index in [2.05, 4.69) is 10.5 Å². The first-order valence-electron chi connectivity index (χ1n) is 6.25. The first kappa shape index (κ1) is 14.3. The second kappa shape index (κ2) is 6.38. The van der Waals surface area contributed by atoms with Gasteiger partial charge in [0.15, 0.2) is 12.7 Å². The first-order chi connectivity index (χ1) is 9.54. The fourth-order valence-corrected chi connectivity index (χ4v) is 1.87. The molecule has 20 heavy (non-hydrogen) atoms. The van der Waals surface area contributed by atoms with Crippen LogP contribution >= 0.6 is 0 Å². The minimum Gasteiger partial charge on any atom is -0.479 e. The lowest BCUT2D eigenvalue weighted by atomic mass is 10.2. The van der Waals surface area contributed by atoms with Gasteiger partial charge in [0.2, 0.25) is 0 Å². The van der Waals surface area contributed by atoms with Crippen molar-refractivity contribution in [1.29, 1.82) is 0 Å². The van der Waals surface area contributed by atoms with E-state index in [-0.39, 0.29) is 31.0 Å². The lowest BCUT2D eigenvalue weighted by Gasteiger charge is -2.12. The molecule has 2 atom stereocenters. The Balaban J connectivity index is 1.64. The Morgan fingerprint density at radius 2 is 2.35 bits per heavy atom. The van der Waals surface area contributed by atoms with Gasteiger partial charge < -0.3 is 24.4 Å². The molecule has 0 saturated carbocycles. The molecule has 2 rings (SSSR count). The van der Waals surface area contributed by atoms with E-state index in [0.29, 0.717) is 18.6 Å². The summed E-state index contributed by atoms with van der Waals surface area (Å²) in [6.07, 6.45) is 0.0335. The molecule has 1 aliphatic rings. The van der Waals surface area contributed by atoms with Crippen molar-refractivity contribution >= 4 is 11.9 Å². The number of amides is 1. The maximum atomic E-state index is 11.5. The van der Waals surface area contributed by atoms with Crippen molar-refractivity contribution in [3.63, 3.8) is 0 Å². The average molecular weight is 284 g/mol. The highest BCUT2D eigenvalue weighted by atomic mass is 16.5. The number of nitrogens with one attached hydrogen (secondary N) is 1. The highest BCUT2D eigenvalue weighted by Gasteiger charge is 2.30. The summed E-state index contributed by atoms with van der Waals surface area (Å²) in [5.41, 5.74) is 0. The van der Waals surface area contributed by atoms with Gasteiger partial charge in [-0.05, 0) is 24.9 Å². The van der Waals surface area contributed by atoms with Gasteiger partial charge in [-0.1, -0.05) is 0 Å². The summed E-state index contributed by atoms with van der Waals surface area (Å²) in [6.45, 7) is 1.81. The molecule has 1 fully saturated rings. The lowest BCUT2D eigenvalue weighted by molar-refractivity contribution is -0.149. The molecular formula is C12H16N2O6. The van der Waals surface area contributed by atoms with Crippen molar-refractivity contribution < 1.29 is 28.7 Å². The zero-order valence-electron chi connectivity index (χ0n) is 11.0. The number of aromatic nitrogens is 1. The van der Waals surface area contributed by atoms with Crippen molar-refractivity contribution in [1.82, 2.24) is 10.5 Å². The van der Waals surface area contributed by atoms with Gasteiger partial charge in [-0.3, -0.25) is 4.79 Å². The van der Waals surface area contributed by atoms with Crippen LogP contribution in [0.5, 0.6) is 5.88 Å². The van der Waals surface area contributed by atoms with E-state index < -0.39 is 12.1 Å². The van der Waals surface area contributed by atoms with Crippen LogP contribution < -0.4 is 10.1 Å². The van der Waals surface area contributed by atoms with Crippen LogP contribution in [0.1, 0.15) is 18.6 Å². The number of nitrogens with zero attached hydrogens (tertiary/aromatic N) is 1. The zero-order chi connectivity index (χ0) is 14.5. The minimum atomic E-state index is -0.969. The Bertz CT molecular complexity index is 486. The van der Waals surface area contributed by atoms with Crippen molar-refractivity contribution in [2.45, 2.75) is 32.0 Å². The predicted molar refractivity (Wildman–Crippen MR) is 65.3 cm³/mol. The van der Waals surface area contributed by atoms with Crippen molar-refractivity contribution in [3.05, 3.63) is 11.8 Å². The fraction of sp³-hybridized carbons (Fsp3) is 0.583. The van der Waals surface area contributed by atoms with Gasteiger partial charge in [-0.2, -0.15) is 0 Å². The number of hydrogen-bond donors (Lipinski definition) is 2.